The Morgan fingerprint density at radius 3 is 2.64 bits per heavy atom. The van der Waals surface area contributed by atoms with E-state index in [1.807, 2.05) is 0 Å². The van der Waals surface area contributed by atoms with Gasteiger partial charge in [0.15, 0.2) is 5.96 Å². The van der Waals surface area contributed by atoms with Crippen LogP contribution in [0.2, 0.25) is 0 Å². The van der Waals surface area contributed by atoms with Crippen LogP contribution in [0.1, 0.15) is 6.92 Å². The van der Waals surface area contributed by atoms with Crippen molar-refractivity contribution in [3.63, 3.8) is 0 Å². The van der Waals surface area contributed by atoms with Crippen molar-refractivity contribution in [1.29, 1.82) is 5.41 Å². The number of guanidine groups is 1. The highest BCUT2D eigenvalue weighted by Gasteiger charge is 2.41. The van der Waals surface area contributed by atoms with Crippen molar-refractivity contribution in [3.8, 4) is 0 Å². The SMILES string of the molecule is CC1[C@@H](C(=O)O)CN1C(=N)N. The van der Waals surface area contributed by atoms with Gasteiger partial charge in [-0.15, -0.1) is 0 Å². The van der Waals surface area contributed by atoms with E-state index in [0.717, 1.165) is 0 Å². The summed E-state index contributed by atoms with van der Waals surface area (Å²) in [6.45, 7) is 2.12. The van der Waals surface area contributed by atoms with E-state index in [9.17, 15) is 4.79 Å². The number of nitrogens with two attached hydrogens (primary N) is 1. The lowest BCUT2D eigenvalue weighted by Gasteiger charge is -2.44. The number of likely N-dealkylation sites (tertiary alicyclic amines) is 1. The fourth-order valence-corrected chi connectivity index (χ4v) is 1.21. The number of carbonyl (C=O) groups is 1. The summed E-state index contributed by atoms with van der Waals surface area (Å²) in [7, 11) is 0. The van der Waals surface area contributed by atoms with Crippen molar-refractivity contribution >= 4 is 11.9 Å². The van der Waals surface area contributed by atoms with Crippen LogP contribution in [0, 0.1) is 11.3 Å². The van der Waals surface area contributed by atoms with Crippen molar-refractivity contribution in [3.05, 3.63) is 0 Å². The van der Waals surface area contributed by atoms with Crippen LogP contribution in [0.15, 0.2) is 0 Å². The van der Waals surface area contributed by atoms with Crippen LogP contribution in [-0.4, -0.2) is 34.5 Å². The van der Waals surface area contributed by atoms with Crippen LogP contribution in [-0.2, 0) is 4.79 Å². The summed E-state index contributed by atoms with van der Waals surface area (Å²) in [5.41, 5.74) is 5.17. The summed E-state index contributed by atoms with van der Waals surface area (Å²) < 4.78 is 0. The van der Waals surface area contributed by atoms with E-state index in [-0.39, 0.29) is 17.9 Å². The molecule has 0 bridgehead atoms. The first-order valence-electron chi connectivity index (χ1n) is 3.37. The molecule has 1 aliphatic heterocycles. The maximum absolute atomic E-state index is 10.4. The summed E-state index contributed by atoms with van der Waals surface area (Å²) >= 11 is 0. The summed E-state index contributed by atoms with van der Waals surface area (Å²) in [6.07, 6.45) is 0. The number of rotatable bonds is 1. The van der Waals surface area contributed by atoms with Crippen LogP contribution in [0.3, 0.4) is 0 Å². The molecular formula is C6H11N3O2. The Bertz CT molecular complexity index is 184. The Labute approximate surface area is 64.3 Å². The third-order valence-electron chi connectivity index (χ3n) is 2.09. The smallest absolute Gasteiger partial charge is 0.310 e. The molecule has 1 saturated heterocycles. The van der Waals surface area contributed by atoms with E-state index in [2.05, 4.69) is 0 Å². The van der Waals surface area contributed by atoms with Gasteiger partial charge in [-0.3, -0.25) is 10.2 Å². The third-order valence-corrected chi connectivity index (χ3v) is 2.09. The molecule has 1 aliphatic rings. The minimum absolute atomic E-state index is 0.0463. The first kappa shape index (κ1) is 7.84. The van der Waals surface area contributed by atoms with Gasteiger partial charge in [0, 0.05) is 12.6 Å². The van der Waals surface area contributed by atoms with Crippen LogP contribution in [0.4, 0.5) is 0 Å². The van der Waals surface area contributed by atoms with Crippen molar-refractivity contribution in [2.24, 2.45) is 11.7 Å². The second kappa shape index (κ2) is 2.41. The molecule has 1 fully saturated rings. The summed E-state index contributed by atoms with van der Waals surface area (Å²) in [5, 5.41) is 15.6. The molecule has 0 radical (unpaired) electrons. The van der Waals surface area contributed by atoms with Gasteiger partial charge in [0.25, 0.3) is 0 Å². The number of nitrogens with one attached hydrogen (secondary N) is 1. The molecule has 0 aromatic rings. The zero-order valence-electron chi connectivity index (χ0n) is 6.24. The van der Waals surface area contributed by atoms with Gasteiger partial charge in [-0.25, -0.2) is 0 Å². The molecular weight excluding hydrogens is 146 g/mol. The molecule has 0 spiro atoms. The van der Waals surface area contributed by atoms with E-state index in [4.69, 9.17) is 16.2 Å². The first-order chi connectivity index (χ1) is 5.04. The molecule has 0 aromatic carbocycles. The molecule has 1 heterocycles. The van der Waals surface area contributed by atoms with Crippen molar-refractivity contribution in [1.82, 2.24) is 4.90 Å². The highest BCUT2D eigenvalue weighted by atomic mass is 16.4. The molecule has 5 nitrogen and oxygen atoms in total. The molecule has 1 unspecified atom stereocenters. The van der Waals surface area contributed by atoms with Crippen LogP contribution < -0.4 is 5.73 Å². The van der Waals surface area contributed by atoms with Crippen molar-refractivity contribution in [2.75, 3.05) is 6.54 Å². The van der Waals surface area contributed by atoms with Gasteiger partial charge in [-0.2, -0.15) is 0 Å². The lowest BCUT2D eigenvalue weighted by Crippen LogP contribution is -2.61. The van der Waals surface area contributed by atoms with Gasteiger partial charge in [-0.05, 0) is 6.92 Å². The number of hydrogen-bond donors (Lipinski definition) is 3. The summed E-state index contributed by atoms with van der Waals surface area (Å²) in [6, 6.07) is -0.134. The fraction of sp³-hybridized carbons (Fsp3) is 0.667. The number of carboxylic acids is 1. The van der Waals surface area contributed by atoms with Crippen molar-refractivity contribution < 1.29 is 9.90 Å². The standard InChI is InChI=1S/C6H11N3O2/c1-3-4(5(10)11)2-9(3)6(7)8/h3-4H,2H2,1H3,(H3,7,8)(H,10,11)/t3?,4-/m0/s1. The minimum atomic E-state index is -0.810. The summed E-state index contributed by atoms with van der Waals surface area (Å²) in [4.78, 5) is 12.0. The van der Waals surface area contributed by atoms with E-state index in [0.29, 0.717) is 6.54 Å². The maximum Gasteiger partial charge on any atom is 0.310 e. The van der Waals surface area contributed by atoms with E-state index < -0.39 is 5.97 Å². The average molecular weight is 157 g/mol. The average Bonchev–Trinajstić information content (AvgIpc) is 1.82. The molecule has 4 N–H and O–H groups in total. The highest BCUT2D eigenvalue weighted by molar-refractivity contribution is 5.80. The predicted molar refractivity (Wildman–Crippen MR) is 39.2 cm³/mol. The molecule has 5 heteroatoms. The summed E-state index contributed by atoms with van der Waals surface area (Å²) in [5.74, 6) is -1.22. The largest absolute Gasteiger partial charge is 0.481 e. The number of aliphatic carboxylic acids is 1. The van der Waals surface area contributed by atoms with E-state index >= 15 is 0 Å². The normalized spacial score (nSPS) is 29.4. The number of nitrogens with zero attached hydrogens (tertiary/aromatic N) is 1. The lowest BCUT2D eigenvalue weighted by molar-refractivity contribution is -0.148. The molecule has 0 saturated carbocycles. The zero-order valence-corrected chi connectivity index (χ0v) is 6.24. The Kier molecular flexibility index (Phi) is 1.72. The van der Waals surface area contributed by atoms with Gasteiger partial charge >= 0.3 is 5.97 Å². The Hall–Kier alpha value is -1.26. The maximum atomic E-state index is 10.4. The number of carboxylic acid groups (broad SMARTS) is 1. The number of hydrogen-bond acceptors (Lipinski definition) is 2. The van der Waals surface area contributed by atoms with Crippen LogP contribution in [0.25, 0.3) is 0 Å². The second-order valence-electron chi connectivity index (χ2n) is 2.72. The van der Waals surface area contributed by atoms with Crippen LogP contribution in [0.5, 0.6) is 0 Å². The van der Waals surface area contributed by atoms with Gasteiger partial charge in [0.2, 0.25) is 0 Å². The fourth-order valence-electron chi connectivity index (χ4n) is 1.21. The molecule has 11 heavy (non-hydrogen) atoms. The molecule has 2 atom stereocenters. The van der Waals surface area contributed by atoms with Gasteiger partial charge in [0.05, 0.1) is 5.92 Å². The Morgan fingerprint density at radius 2 is 2.36 bits per heavy atom. The molecule has 0 aliphatic carbocycles. The Balaban J connectivity index is 2.50. The van der Waals surface area contributed by atoms with Gasteiger partial charge in [-0.1, -0.05) is 0 Å². The first-order valence-corrected chi connectivity index (χ1v) is 3.37. The van der Waals surface area contributed by atoms with E-state index in [1.165, 1.54) is 0 Å². The minimum Gasteiger partial charge on any atom is -0.481 e. The van der Waals surface area contributed by atoms with Gasteiger partial charge in [0.1, 0.15) is 0 Å². The van der Waals surface area contributed by atoms with E-state index in [1.54, 1.807) is 11.8 Å². The van der Waals surface area contributed by atoms with Gasteiger partial charge < -0.3 is 15.7 Å². The molecule has 0 aromatic heterocycles. The Morgan fingerprint density at radius 1 is 1.82 bits per heavy atom. The van der Waals surface area contributed by atoms with Crippen LogP contribution >= 0.6 is 0 Å². The zero-order chi connectivity index (χ0) is 8.59. The molecule has 1 rings (SSSR count). The molecule has 62 valence electrons. The second-order valence-corrected chi connectivity index (χ2v) is 2.72. The van der Waals surface area contributed by atoms with Crippen molar-refractivity contribution in [2.45, 2.75) is 13.0 Å². The lowest BCUT2D eigenvalue weighted by atomic mass is 9.90. The monoisotopic (exact) mass is 157 g/mol. The molecule has 0 amide bonds. The highest BCUT2D eigenvalue weighted by Crippen LogP contribution is 2.23. The quantitative estimate of drug-likeness (QED) is 0.346. The topological polar surface area (TPSA) is 90.4 Å². The third kappa shape index (κ3) is 1.13. The predicted octanol–water partition coefficient (Wildman–Crippen LogP) is -0.715.